The Bertz CT molecular complexity index is 147. The lowest BCUT2D eigenvalue weighted by Crippen LogP contribution is -1.79. The maximum atomic E-state index is 4.13. The van der Waals surface area contributed by atoms with Gasteiger partial charge in [-0.2, -0.15) is 0 Å². The molecule has 1 unspecified atom stereocenters. The largest absolute Gasteiger partial charge is 0.249 e. The molecule has 0 saturated carbocycles. The molecule has 0 aliphatic rings. The standard InChI is InChI=1S/C5H6INS/c1-4(6)5-2-8-3-7-5/h2-4H,1H3. The Hall–Kier alpha value is 0.360. The Labute approximate surface area is 66.3 Å². The molecular formula is C5H6INS. The summed E-state index contributed by atoms with van der Waals surface area (Å²) in [6, 6.07) is 0. The van der Waals surface area contributed by atoms with Crippen LogP contribution in [0.15, 0.2) is 10.9 Å². The van der Waals surface area contributed by atoms with Gasteiger partial charge < -0.3 is 0 Å². The lowest BCUT2D eigenvalue weighted by molar-refractivity contribution is 1.07. The molecule has 0 spiro atoms. The lowest BCUT2D eigenvalue weighted by atomic mass is 10.4. The number of halogens is 1. The van der Waals surface area contributed by atoms with E-state index in [2.05, 4.69) is 39.9 Å². The van der Waals surface area contributed by atoms with Crippen molar-refractivity contribution in [2.24, 2.45) is 0 Å². The van der Waals surface area contributed by atoms with Crippen LogP contribution in [0.1, 0.15) is 16.5 Å². The summed E-state index contributed by atoms with van der Waals surface area (Å²) in [4.78, 5) is 4.13. The molecule has 0 radical (unpaired) electrons. The fourth-order valence-electron chi connectivity index (χ4n) is 0.418. The van der Waals surface area contributed by atoms with Crippen LogP contribution >= 0.6 is 33.9 Å². The molecule has 0 aliphatic heterocycles. The van der Waals surface area contributed by atoms with E-state index in [0.29, 0.717) is 3.92 Å². The highest BCUT2D eigenvalue weighted by molar-refractivity contribution is 14.1. The van der Waals surface area contributed by atoms with Gasteiger partial charge >= 0.3 is 0 Å². The minimum absolute atomic E-state index is 0.554. The highest BCUT2D eigenvalue weighted by Crippen LogP contribution is 2.20. The predicted octanol–water partition coefficient (Wildman–Crippen LogP) is 2.64. The summed E-state index contributed by atoms with van der Waals surface area (Å²) >= 11 is 4.00. The first-order chi connectivity index (χ1) is 3.80. The van der Waals surface area contributed by atoms with Crippen LogP contribution in [0.25, 0.3) is 0 Å². The Kier molecular flexibility index (Phi) is 2.25. The number of alkyl halides is 1. The number of thiazole rings is 1. The molecule has 0 amide bonds. The molecule has 0 N–H and O–H groups in total. The number of rotatable bonds is 1. The van der Waals surface area contributed by atoms with Gasteiger partial charge in [0.25, 0.3) is 0 Å². The number of nitrogens with zero attached hydrogens (tertiary/aromatic N) is 1. The van der Waals surface area contributed by atoms with Crippen molar-refractivity contribution in [1.82, 2.24) is 4.98 Å². The van der Waals surface area contributed by atoms with E-state index in [0.717, 1.165) is 0 Å². The maximum Gasteiger partial charge on any atom is 0.0795 e. The molecule has 1 aromatic heterocycles. The van der Waals surface area contributed by atoms with E-state index < -0.39 is 0 Å². The van der Waals surface area contributed by atoms with Gasteiger partial charge in [0.15, 0.2) is 0 Å². The molecule has 1 aromatic rings. The highest BCUT2D eigenvalue weighted by Gasteiger charge is 1.99. The van der Waals surface area contributed by atoms with Crippen LogP contribution in [0.4, 0.5) is 0 Å². The molecule has 8 heavy (non-hydrogen) atoms. The van der Waals surface area contributed by atoms with Gasteiger partial charge in [-0.25, -0.2) is 4.98 Å². The Balaban J connectivity index is 2.77. The van der Waals surface area contributed by atoms with Crippen molar-refractivity contribution in [3.8, 4) is 0 Å². The van der Waals surface area contributed by atoms with Crippen LogP contribution < -0.4 is 0 Å². The monoisotopic (exact) mass is 239 g/mol. The van der Waals surface area contributed by atoms with Crippen LogP contribution in [-0.4, -0.2) is 4.98 Å². The molecule has 0 fully saturated rings. The molecule has 1 atom stereocenters. The van der Waals surface area contributed by atoms with Crippen LogP contribution in [-0.2, 0) is 0 Å². The van der Waals surface area contributed by atoms with Gasteiger partial charge in [0.1, 0.15) is 0 Å². The molecule has 0 aromatic carbocycles. The number of aromatic nitrogens is 1. The molecule has 44 valence electrons. The molecular weight excluding hydrogens is 233 g/mol. The van der Waals surface area contributed by atoms with E-state index in [-0.39, 0.29) is 0 Å². The molecule has 1 heterocycles. The van der Waals surface area contributed by atoms with Crippen LogP contribution in [0.3, 0.4) is 0 Å². The minimum atomic E-state index is 0.554. The number of hydrogen-bond donors (Lipinski definition) is 0. The average molecular weight is 239 g/mol. The van der Waals surface area contributed by atoms with E-state index in [1.54, 1.807) is 11.3 Å². The van der Waals surface area contributed by atoms with Gasteiger partial charge in [-0.1, -0.05) is 22.6 Å². The zero-order valence-corrected chi connectivity index (χ0v) is 7.44. The third kappa shape index (κ3) is 1.42. The van der Waals surface area contributed by atoms with Crippen molar-refractivity contribution in [2.75, 3.05) is 0 Å². The van der Waals surface area contributed by atoms with Crippen molar-refractivity contribution in [1.29, 1.82) is 0 Å². The summed E-state index contributed by atoms with van der Waals surface area (Å²) in [6.07, 6.45) is 0. The third-order valence-electron chi connectivity index (χ3n) is 0.859. The van der Waals surface area contributed by atoms with Gasteiger partial charge in [0.05, 0.1) is 15.1 Å². The summed E-state index contributed by atoms with van der Waals surface area (Å²) in [5.41, 5.74) is 3.06. The normalized spacial score (nSPS) is 13.8. The summed E-state index contributed by atoms with van der Waals surface area (Å²) in [7, 11) is 0. The van der Waals surface area contributed by atoms with E-state index in [1.807, 2.05) is 5.51 Å². The topological polar surface area (TPSA) is 12.9 Å². The molecule has 0 saturated heterocycles. The summed E-state index contributed by atoms with van der Waals surface area (Å²) < 4.78 is 0.554. The van der Waals surface area contributed by atoms with Gasteiger partial charge in [-0.05, 0) is 6.92 Å². The summed E-state index contributed by atoms with van der Waals surface area (Å²) in [6.45, 7) is 2.13. The Morgan fingerprint density at radius 2 is 2.62 bits per heavy atom. The second-order valence-electron chi connectivity index (χ2n) is 1.53. The smallest absolute Gasteiger partial charge is 0.0795 e. The average Bonchev–Trinajstić information content (AvgIpc) is 2.12. The Morgan fingerprint density at radius 3 is 2.88 bits per heavy atom. The molecule has 0 aliphatic carbocycles. The zero-order valence-electron chi connectivity index (χ0n) is 4.47. The van der Waals surface area contributed by atoms with E-state index in [1.165, 1.54) is 5.69 Å². The van der Waals surface area contributed by atoms with Crippen LogP contribution in [0.2, 0.25) is 0 Å². The van der Waals surface area contributed by atoms with Gasteiger partial charge in [0.2, 0.25) is 0 Å². The maximum absolute atomic E-state index is 4.13. The summed E-state index contributed by atoms with van der Waals surface area (Å²) in [5, 5.41) is 2.08. The molecule has 1 nitrogen and oxygen atoms in total. The van der Waals surface area contributed by atoms with Crippen molar-refractivity contribution in [3.63, 3.8) is 0 Å². The highest BCUT2D eigenvalue weighted by atomic mass is 127. The van der Waals surface area contributed by atoms with Gasteiger partial charge in [-0.15, -0.1) is 11.3 Å². The van der Waals surface area contributed by atoms with Crippen LogP contribution in [0.5, 0.6) is 0 Å². The van der Waals surface area contributed by atoms with E-state index in [9.17, 15) is 0 Å². The minimum Gasteiger partial charge on any atom is -0.249 e. The SMILES string of the molecule is CC(I)c1cscn1. The Morgan fingerprint density at radius 1 is 1.88 bits per heavy atom. The van der Waals surface area contributed by atoms with E-state index in [4.69, 9.17) is 0 Å². The fourth-order valence-corrected chi connectivity index (χ4v) is 1.65. The fraction of sp³-hybridized carbons (Fsp3) is 0.400. The van der Waals surface area contributed by atoms with Crippen LogP contribution in [0, 0.1) is 0 Å². The van der Waals surface area contributed by atoms with Gasteiger partial charge in [-0.3, -0.25) is 0 Å². The second-order valence-corrected chi connectivity index (χ2v) is 4.12. The van der Waals surface area contributed by atoms with Crippen molar-refractivity contribution in [2.45, 2.75) is 10.8 Å². The first-order valence-corrected chi connectivity index (χ1v) is 4.51. The second kappa shape index (κ2) is 2.77. The molecule has 1 rings (SSSR count). The van der Waals surface area contributed by atoms with E-state index >= 15 is 0 Å². The first kappa shape index (κ1) is 6.48. The lowest BCUT2D eigenvalue weighted by Gasteiger charge is -1.92. The summed E-state index contributed by atoms with van der Waals surface area (Å²) in [5.74, 6) is 0. The van der Waals surface area contributed by atoms with Gasteiger partial charge in [0, 0.05) is 5.38 Å². The predicted molar refractivity (Wildman–Crippen MR) is 44.5 cm³/mol. The molecule has 3 heteroatoms. The van der Waals surface area contributed by atoms with Crippen molar-refractivity contribution in [3.05, 3.63) is 16.6 Å². The number of hydrogen-bond acceptors (Lipinski definition) is 2. The van der Waals surface area contributed by atoms with Crippen molar-refractivity contribution < 1.29 is 0 Å². The first-order valence-electron chi connectivity index (χ1n) is 2.33. The van der Waals surface area contributed by atoms with Crippen molar-refractivity contribution >= 4 is 33.9 Å². The third-order valence-corrected chi connectivity index (χ3v) is 2.10. The quantitative estimate of drug-likeness (QED) is 0.542. The molecule has 0 bridgehead atoms. The zero-order chi connectivity index (χ0) is 5.98.